The van der Waals surface area contributed by atoms with Gasteiger partial charge in [-0.2, -0.15) is 0 Å². The highest BCUT2D eigenvalue weighted by Crippen LogP contribution is 2.29. The van der Waals surface area contributed by atoms with Crippen LogP contribution in [0.5, 0.6) is 0 Å². The monoisotopic (exact) mass is 435 g/mol. The Bertz CT molecular complexity index is 608. The zero-order valence-electron chi connectivity index (χ0n) is 18.4. The zero-order chi connectivity index (χ0) is 20.6. The predicted octanol–water partition coefficient (Wildman–Crippen LogP) is 8.62. The summed E-state index contributed by atoms with van der Waals surface area (Å²) in [4.78, 5) is 4.70. The van der Waals surface area contributed by atoms with Crippen LogP contribution in [-0.2, 0) is 0 Å². The number of para-hydroxylation sites is 1. The van der Waals surface area contributed by atoms with E-state index < -0.39 is 0 Å². The summed E-state index contributed by atoms with van der Waals surface area (Å²) in [5, 5.41) is 9.23. The summed E-state index contributed by atoms with van der Waals surface area (Å²) in [6, 6.07) is 8.44. The minimum Gasteiger partial charge on any atom is -0.393 e. The topological polar surface area (TPSA) is 33.1 Å². The second kappa shape index (κ2) is 16.2. The Morgan fingerprint density at radius 2 is 1.31 bits per heavy atom. The number of hydrogen-bond donors (Lipinski definition) is 1. The number of nitrogens with zero attached hydrogens (tertiary/aromatic N) is 1. The molecule has 2 aromatic rings. The Labute approximate surface area is 186 Å². The lowest BCUT2D eigenvalue weighted by Gasteiger charge is -2.04. The second-order valence-electron chi connectivity index (χ2n) is 8.38. The highest BCUT2D eigenvalue weighted by molar-refractivity contribution is 8.01. The number of aliphatic hydroxyl groups excluding tert-OH is 1. The van der Waals surface area contributed by atoms with E-state index in [2.05, 4.69) is 24.3 Å². The second-order valence-corrected chi connectivity index (χ2v) is 10.8. The third kappa shape index (κ3) is 12.0. The number of thiazole rings is 1. The van der Waals surface area contributed by atoms with Gasteiger partial charge in [-0.25, -0.2) is 4.98 Å². The third-order valence-corrected chi connectivity index (χ3v) is 7.78. The smallest absolute Gasteiger partial charge is 0.151 e. The molecule has 0 saturated carbocycles. The van der Waals surface area contributed by atoms with Gasteiger partial charge in [0.05, 0.1) is 16.3 Å². The van der Waals surface area contributed by atoms with Crippen molar-refractivity contribution in [3.8, 4) is 0 Å². The van der Waals surface area contributed by atoms with E-state index in [1.807, 2.05) is 30.0 Å². The van der Waals surface area contributed by atoms with Gasteiger partial charge in [0.1, 0.15) is 0 Å². The van der Waals surface area contributed by atoms with Crippen LogP contribution in [0, 0.1) is 0 Å². The van der Waals surface area contributed by atoms with Gasteiger partial charge in [-0.1, -0.05) is 107 Å². The molecule has 0 bridgehead atoms. The summed E-state index contributed by atoms with van der Waals surface area (Å²) in [6.07, 6.45) is 20.1. The van der Waals surface area contributed by atoms with Crippen LogP contribution in [-0.4, -0.2) is 21.9 Å². The first kappa shape index (κ1) is 24.7. The lowest BCUT2D eigenvalue weighted by molar-refractivity contribution is 0.180. The molecule has 1 aromatic carbocycles. The van der Waals surface area contributed by atoms with Gasteiger partial charge in [0.2, 0.25) is 0 Å². The molecule has 0 amide bonds. The normalized spacial score (nSPS) is 12.6. The molecule has 2 nitrogen and oxygen atoms in total. The summed E-state index contributed by atoms with van der Waals surface area (Å²) >= 11 is 3.76. The predicted molar refractivity (Wildman–Crippen MR) is 131 cm³/mol. The molecule has 0 aliphatic rings. The van der Waals surface area contributed by atoms with Crippen molar-refractivity contribution in [2.75, 3.05) is 5.75 Å². The van der Waals surface area contributed by atoms with Gasteiger partial charge < -0.3 is 5.11 Å². The van der Waals surface area contributed by atoms with Crippen LogP contribution < -0.4 is 0 Å². The molecular formula is C25H41NOS2. The molecule has 29 heavy (non-hydrogen) atoms. The van der Waals surface area contributed by atoms with E-state index in [1.54, 1.807) is 0 Å². The van der Waals surface area contributed by atoms with Crippen LogP contribution in [0.25, 0.3) is 10.2 Å². The molecule has 1 unspecified atom stereocenters. The van der Waals surface area contributed by atoms with Crippen LogP contribution in [0.2, 0.25) is 0 Å². The lowest BCUT2D eigenvalue weighted by Crippen LogP contribution is -1.98. The molecule has 0 radical (unpaired) electrons. The Kier molecular flexibility index (Phi) is 13.8. The quantitative estimate of drug-likeness (QED) is 0.188. The SMILES string of the molecule is CC(O)CCCCCCCCCCCCCCCCSc1nc2ccccc2s1. The average Bonchev–Trinajstić information content (AvgIpc) is 3.13. The molecule has 0 aliphatic heterocycles. The van der Waals surface area contributed by atoms with E-state index >= 15 is 0 Å². The van der Waals surface area contributed by atoms with Crippen LogP contribution in [0.15, 0.2) is 28.6 Å². The third-order valence-electron chi connectivity index (χ3n) is 5.52. The molecule has 0 aliphatic carbocycles. The first-order valence-corrected chi connectivity index (χ1v) is 13.7. The van der Waals surface area contributed by atoms with E-state index in [-0.39, 0.29) is 6.10 Å². The van der Waals surface area contributed by atoms with Gasteiger partial charge in [0, 0.05) is 5.75 Å². The highest BCUT2D eigenvalue weighted by atomic mass is 32.2. The molecule has 1 aromatic heterocycles. The van der Waals surface area contributed by atoms with Crippen molar-refractivity contribution in [1.82, 2.24) is 4.98 Å². The van der Waals surface area contributed by atoms with Gasteiger partial charge >= 0.3 is 0 Å². The summed E-state index contributed by atoms with van der Waals surface area (Å²) in [7, 11) is 0. The van der Waals surface area contributed by atoms with Gasteiger partial charge in [0.15, 0.2) is 4.34 Å². The maximum atomic E-state index is 9.23. The Hall–Kier alpha value is -0.580. The average molecular weight is 436 g/mol. The maximum Gasteiger partial charge on any atom is 0.151 e. The molecule has 1 atom stereocenters. The number of fused-ring (bicyclic) bond motifs is 1. The van der Waals surface area contributed by atoms with E-state index in [4.69, 9.17) is 4.98 Å². The van der Waals surface area contributed by atoms with Gasteiger partial charge in [-0.15, -0.1) is 11.3 Å². The first-order valence-electron chi connectivity index (χ1n) is 11.9. The molecular weight excluding hydrogens is 394 g/mol. The van der Waals surface area contributed by atoms with Crippen LogP contribution >= 0.6 is 23.1 Å². The molecule has 1 heterocycles. The summed E-state index contributed by atoms with van der Waals surface area (Å²) in [6.45, 7) is 1.89. The van der Waals surface area contributed by atoms with E-state index in [9.17, 15) is 5.11 Å². The highest BCUT2D eigenvalue weighted by Gasteiger charge is 2.03. The number of rotatable bonds is 18. The van der Waals surface area contributed by atoms with Crippen LogP contribution in [0.4, 0.5) is 0 Å². The molecule has 4 heteroatoms. The van der Waals surface area contributed by atoms with Crippen LogP contribution in [0.1, 0.15) is 103 Å². The van der Waals surface area contributed by atoms with Crippen molar-refractivity contribution in [3.05, 3.63) is 24.3 Å². The van der Waals surface area contributed by atoms with E-state index in [0.29, 0.717) is 0 Å². The molecule has 2 rings (SSSR count). The first-order chi connectivity index (χ1) is 14.3. The van der Waals surface area contributed by atoms with Gasteiger partial charge in [-0.3, -0.25) is 0 Å². The van der Waals surface area contributed by atoms with Crippen molar-refractivity contribution in [2.45, 2.75) is 114 Å². The van der Waals surface area contributed by atoms with Crippen molar-refractivity contribution in [3.63, 3.8) is 0 Å². The standard InChI is InChI=1S/C25H41NOS2/c1-22(27)18-14-12-10-8-6-4-2-3-5-7-9-11-13-17-21-28-25-26-23-19-15-16-20-24(23)29-25/h15-16,19-20,22,27H,2-14,17-18,21H2,1H3. The van der Waals surface area contributed by atoms with Crippen LogP contribution in [0.3, 0.4) is 0 Å². The zero-order valence-corrected chi connectivity index (χ0v) is 20.0. The lowest BCUT2D eigenvalue weighted by atomic mass is 10.0. The van der Waals surface area contributed by atoms with E-state index in [0.717, 1.165) is 11.9 Å². The molecule has 0 saturated heterocycles. The summed E-state index contributed by atoms with van der Waals surface area (Å²) in [5.74, 6) is 1.21. The number of unbranched alkanes of at least 4 members (excludes halogenated alkanes) is 13. The largest absolute Gasteiger partial charge is 0.393 e. The van der Waals surface area contributed by atoms with Crippen molar-refractivity contribution in [2.24, 2.45) is 0 Å². The van der Waals surface area contributed by atoms with Crippen molar-refractivity contribution in [1.29, 1.82) is 0 Å². The fourth-order valence-electron chi connectivity index (χ4n) is 3.74. The number of thioether (sulfide) groups is 1. The Morgan fingerprint density at radius 1 is 0.793 bits per heavy atom. The Morgan fingerprint density at radius 3 is 1.86 bits per heavy atom. The van der Waals surface area contributed by atoms with Gasteiger partial charge in [-0.05, 0) is 31.9 Å². The Balaban J connectivity index is 1.29. The van der Waals surface area contributed by atoms with Crippen molar-refractivity contribution >= 4 is 33.3 Å². The minimum absolute atomic E-state index is 0.113. The fourth-order valence-corrected chi connectivity index (χ4v) is 5.87. The molecule has 1 N–H and O–H groups in total. The van der Waals surface area contributed by atoms with Crippen molar-refractivity contribution < 1.29 is 5.11 Å². The van der Waals surface area contributed by atoms with Gasteiger partial charge in [0.25, 0.3) is 0 Å². The molecule has 164 valence electrons. The summed E-state index contributed by atoms with van der Waals surface area (Å²) < 4.78 is 2.54. The molecule has 0 fully saturated rings. The number of aliphatic hydroxyl groups is 1. The number of aromatic nitrogens is 1. The maximum absolute atomic E-state index is 9.23. The minimum atomic E-state index is -0.113. The number of hydrogen-bond acceptors (Lipinski definition) is 4. The fraction of sp³-hybridized carbons (Fsp3) is 0.720. The summed E-state index contributed by atoms with van der Waals surface area (Å²) in [5.41, 5.74) is 1.15. The van der Waals surface area contributed by atoms with E-state index in [1.165, 1.54) is 105 Å². The molecule has 0 spiro atoms. The number of benzene rings is 1.